The number of carbonyl (C=O) groups excluding carboxylic acids is 1. The van der Waals surface area contributed by atoms with Gasteiger partial charge in [-0.25, -0.2) is 4.79 Å². The Morgan fingerprint density at radius 2 is 2.09 bits per heavy atom. The summed E-state index contributed by atoms with van der Waals surface area (Å²) < 4.78 is 10.6. The monoisotopic (exact) mass is 321 g/mol. The lowest BCUT2D eigenvalue weighted by Gasteiger charge is -2.39. The van der Waals surface area contributed by atoms with Gasteiger partial charge in [-0.1, -0.05) is 30.3 Å². The lowest BCUT2D eigenvalue weighted by atomic mass is 9.78. The first kappa shape index (κ1) is 17.3. The SMILES string of the molecule is COC1CCCC(CC(=O)O)(NC(=O)OCc2ccccc2)C1. The highest BCUT2D eigenvalue weighted by Gasteiger charge is 2.40. The number of benzene rings is 1. The van der Waals surface area contributed by atoms with Crippen molar-refractivity contribution in [3.8, 4) is 0 Å². The molecule has 1 aromatic rings. The lowest BCUT2D eigenvalue weighted by molar-refractivity contribution is -0.139. The summed E-state index contributed by atoms with van der Waals surface area (Å²) in [5.41, 5.74) is 0.0757. The molecule has 2 unspecified atom stereocenters. The van der Waals surface area contributed by atoms with Gasteiger partial charge in [-0.15, -0.1) is 0 Å². The van der Waals surface area contributed by atoms with Gasteiger partial charge in [0.25, 0.3) is 0 Å². The van der Waals surface area contributed by atoms with Crippen molar-refractivity contribution in [3.63, 3.8) is 0 Å². The van der Waals surface area contributed by atoms with Crippen LogP contribution in [0.5, 0.6) is 0 Å². The van der Waals surface area contributed by atoms with Crippen LogP contribution in [0.15, 0.2) is 30.3 Å². The zero-order valence-electron chi connectivity index (χ0n) is 13.3. The number of hydrogen-bond acceptors (Lipinski definition) is 4. The van der Waals surface area contributed by atoms with Crippen LogP contribution in [0.2, 0.25) is 0 Å². The van der Waals surface area contributed by atoms with E-state index < -0.39 is 17.6 Å². The summed E-state index contributed by atoms with van der Waals surface area (Å²) in [5.74, 6) is -0.940. The van der Waals surface area contributed by atoms with Crippen LogP contribution in [0.25, 0.3) is 0 Å². The maximum absolute atomic E-state index is 12.1. The summed E-state index contributed by atoms with van der Waals surface area (Å²) >= 11 is 0. The molecule has 1 aromatic carbocycles. The molecule has 0 spiro atoms. The Kier molecular flexibility index (Phi) is 5.98. The van der Waals surface area contributed by atoms with E-state index in [1.54, 1.807) is 7.11 Å². The third-order valence-corrected chi connectivity index (χ3v) is 4.20. The van der Waals surface area contributed by atoms with E-state index in [-0.39, 0.29) is 19.1 Å². The van der Waals surface area contributed by atoms with Gasteiger partial charge in [0.15, 0.2) is 0 Å². The van der Waals surface area contributed by atoms with Crippen LogP contribution >= 0.6 is 0 Å². The van der Waals surface area contributed by atoms with Gasteiger partial charge in [0, 0.05) is 7.11 Å². The van der Waals surface area contributed by atoms with Gasteiger partial charge in [-0.05, 0) is 31.2 Å². The third-order valence-electron chi connectivity index (χ3n) is 4.20. The van der Waals surface area contributed by atoms with E-state index in [1.807, 2.05) is 30.3 Å². The van der Waals surface area contributed by atoms with E-state index in [4.69, 9.17) is 9.47 Å². The summed E-state index contributed by atoms with van der Waals surface area (Å²) in [4.78, 5) is 23.3. The van der Waals surface area contributed by atoms with Gasteiger partial charge < -0.3 is 19.9 Å². The zero-order chi connectivity index (χ0) is 16.7. The fraction of sp³-hybridized carbons (Fsp3) is 0.529. The van der Waals surface area contributed by atoms with Crippen molar-refractivity contribution < 1.29 is 24.2 Å². The molecule has 0 radical (unpaired) electrons. The van der Waals surface area contributed by atoms with Crippen LogP contribution in [0, 0.1) is 0 Å². The number of carboxylic acids is 1. The molecule has 0 heterocycles. The van der Waals surface area contributed by atoms with Crippen molar-refractivity contribution in [2.75, 3.05) is 7.11 Å². The average Bonchev–Trinajstić information content (AvgIpc) is 2.53. The van der Waals surface area contributed by atoms with Crippen molar-refractivity contribution in [1.82, 2.24) is 5.32 Å². The molecule has 1 saturated carbocycles. The molecular weight excluding hydrogens is 298 g/mol. The molecule has 0 saturated heterocycles. The second-order valence-corrected chi connectivity index (χ2v) is 5.99. The number of nitrogens with one attached hydrogen (secondary N) is 1. The number of ether oxygens (including phenoxy) is 2. The smallest absolute Gasteiger partial charge is 0.407 e. The fourth-order valence-electron chi connectivity index (χ4n) is 3.09. The maximum atomic E-state index is 12.1. The topological polar surface area (TPSA) is 84.9 Å². The van der Waals surface area contributed by atoms with E-state index in [0.29, 0.717) is 12.8 Å². The third kappa shape index (κ3) is 5.25. The number of hydrogen-bond donors (Lipinski definition) is 2. The Balaban J connectivity index is 1.96. The van der Waals surface area contributed by atoms with E-state index in [1.165, 1.54) is 0 Å². The standard InChI is InChI=1S/C17H23NO5/c1-22-14-8-5-9-17(10-14,11-15(19)20)18-16(21)23-12-13-6-3-2-4-7-13/h2-4,6-7,14H,5,8-12H2,1H3,(H,18,21)(H,19,20). The highest BCUT2D eigenvalue weighted by molar-refractivity contribution is 5.72. The summed E-state index contributed by atoms with van der Waals surface area (Å²) in [6, 6.07) is 9.35. The van der Waals surface area contributed by atoms with Crippen molar-refractivity contribution in [3.05, 3.63) is 35.9 Å². The predicted octanol–water partition coefficient (Wildman–Crippen LogP) is 2.72. The van der Waals surface area contributed by atoms with Crippen molar-refractivity contribution in [1.29, 1.82) is 0 Å². The molecule has 0 aliphatic heterocycles. The Labute approximate surface area is 135 Å². The molecule has 1 fully saturated rings. The number of methoxy groups -OCH3 is 1. The minimum Gasteiger partial charge on any atom is -0.481 e. The highest BCUT2D eigenvalue weighted by Crippen LogP contribution is 2.33. The summed E-state index contributed by atoms with van der Waals surface area (Å²) in [6.07, 6.45) is 2.01. The van der Waals surface area contributed by atoms with Crippen molar-refractivity contribution in [2.45, 2.75) is 50.4 Å². The van der Waals surface area contributed by atoms with Crippen LogP contribution in [0.1, 0.15) is 37.7 Å². The molecule has 23 heavy (non-hydrogen) atoms. The Bertz CT molecular complexity index is 533. The van der Waals surface area contributed by atoms with Gasteiger partial charge in [0.1, 0.15) is 6.61 Å². The minimum atomic E-state index is -0.940. The van der Waals surface area contributed by atoms with Crippen LogP contribution in [0.3, 0.4) is 0 Å². The second kappa shape index (κ2) is 7.97. The first-order valence-electron chi connectivity index (χ1n) is 7.76. The molecule has 6 heteroatoms. The van der Waals surface area contributed by atoms with E-state index in [9.17, 15) is 14.7 Å². The molecule has 2 N–H and O–H groups in total. The van der Waals surface area contributed by atoms with Gasteiger partial charge in [-0.3, -0.25) is 4.79 Å². The molecule has 1 aliphatic carbocycles. The van der Waals surface area contributed by atoms with E-state index in [2.05, 4.69) is 5.32 Å². The Hall–Kier alpha value is -2.08. The minimum absolute atomic E-state index is 0.0440. The molecule has 6 nitrogen and oxygen atoms in total. The summed E-state index contributed by atoms with van der Waals surface area (Å²) in [6.45, 7) is 0.156. The molecular formula is C17H23NO5. The summed E-state index contributed by atoms with van der Waals surface area (Å²) in [5, 5.41) is 12.0. The number of carbonyl (C=O) groups is 2. The summed E-state index contributed by atoms with van der Waals surface area (Å²) in [7, 11) is 1.61. The average molecular weight is 321 g/mol. The number of alkyl carbamates (subject to hydrolysis) is 1. The zero-order valence-corrected chi connectivity index (χ0v) is 13.3. The maximum Gasteiger partial charge on any atom is 0.407 e. The molecule has 2 atom stereocenters. The van der Waals surface area contributed by atoms with Gasteiger partial charge in [-0.2, -0.15) is 0 Å². The van der Waals surface area contributed by atoms with Crippen LogP contribution < -0.4 is 5.32 Å². The molecule has 0 aromatic heterocycles. The number of rotatable bonds is 6. The number of amides is 1. The first-order chi connectivity index (χ1) is 11.0. The van der Waals surface area contributed by atoms with Crippen molar-refractivity contribution in [2.24, 2.45) is 0 Å². The number of aliphatic carboxylic acids is 1. The van der Waals surface area contributed by atoms with E-state index >= 15 is 0 Å². The molecule has 126 valence electrons. The Morgan fingerprint density at radius 3 is 2.74 bits per heavy atom. The predicted molar refractivity (Wildman–Crippen MR) is 84.0 cm³/mol. The quantitative estimate of drug-likeness (QED) is 0.841. The largest absolute Gasteiger partial charge is 0.481 e. The highest BCUT2D eigenvalue weighted by atomic mass is 16.5. The van der Waals surface area contributed by atoms with Crippen molar-refractivity contribution >= 4 is 12.1 Å². The molecule has 0 bridgehead atoms. The van der Waals surface area contributed by atoms with Gasteiger partial charge in [0.05, 0.1) is 18.1 Å². The normalized spacial score (nSPS) is 24.0. The second-order valence-electron chi connectivity index (χ2n) is 5.99. The lowest BCUT2D eigenvalue weighted by Crippen LogP contribution is -2.54. The number of carboxylic acid groups (broad SMARTS) is 1. The molecule has 1 amide bonds. The van der Waals surface area contributed by atoms with Crippen LogP contribution in [-0.2, 0) is 20.9 Å². The van der Waals surface area contributed by atoms with Gasteiger partial charge in [0.2, 0.25) is 0 Å². The fourth-order valence-corrected chi connectivity index (χ4v) is 3.09. The molecule has 2 rings (SSSR count). The van der Waals surface area contributed by atoms with E-state index in [0.717, 1.165) is 18.4 Å². The van der Waals surface area contributed by atoms with Gasteiger partial charge >= 0.3 is 12.1 Å². The van der Waals surface area contributed by atoms with Crippen LogP contribution in [0.4, 0.5) is 4.79 Å². The Morgan fingerprint density at radius 1 is 1.35 bits per heavy atom. The first-order valence-corrected chi connectivity index (χ1v) is 7.76. The van der Waals surface area contributed by atoms with Crippen LogP contribution in [-0.4, -0.2) is 35.9 Å². The molecule has 1 aliphatic rings.